The summed E-state index contributed by atoms with van der Waals surface area (Å²) in [6, 6.07) is 19.2. The number of rotatable bonds is 5. The van der Waals surface area contributed by atoms with Crippen LogP contribution in [-0.4, -0.2) is 43.2 Å². The van der Waals surface area contributed by atoms with Crippen LogP contribution in [0, 0.1) is 12.7 Å². The van der Waals surface area contributed by atoms with Crippen molar-refractivity contribution in [1.82, 2.24) is 9.97 Å². The third kappa shape index (κ3) is 4.65. The number of nitrogens with zero attached hydrogens (tertiary/aromatic N) is 5. The van der Waals surface area contributed by atoms with Gasteiger partial charge in [0, 0.05) is 51.5 Å². The van der Waals surface area contributed by atoms with E-state index in [1.54, 1.807) is 0 Å². The Labute approximate surface area is 171 Å². The second-order valence-electron chi connectivity index (χ2n) is 7.42. The van der Waals surface area contributed by atoms with Crippen LogP contribution in [0.5, 0.6) is 0 Å². The predicted octanol–water partition coefficient (Wildman–Crippen LogP) is 3.89. The molecule has 0 spiro atoms. The maximum Gasteiger partial charge on any atom is 0.134 e. The lowest BCUT2D eigenvalue weighted by molar-refractivity contribution is 0.624. The lowest BCUT2D eigenvalue weighted by Gasteiger charge is -2.37. The standard InChI is InChI=1S/C23H26FN5/c1-18-25-22(27(2)17-19-6-4-3-5-7-19)16-23(26-18)29-14-12-28(13-15-29)21-10-8-20(24)9-11-21/h3-11,16H,12-15,17H2,1-2H3. The molecule has 1 saturated heterocycles. The minimum atomic E-state index is -0.198. The average Bonchev–Trinajstić information content (AvgIpc) is 2.75. The Morgan fingerprint density at radius 1 is 0.897 bits per heavy atom. The van der Waals surface area contributed by atoms with Crippen molar-refractivity contribution in [3.63, 3.8) is 0 Å². The molecule has 0 unspecified atom stereocenters. The van der Waals surface area contributed by atoms with E-state index in [0.29, 0.717) is 0 Å². The molecule has 1 aliphatic rings. The molecule has 5 nitrogen and oxygen atoms in total. The number of halogens is 1. The third-order valence-electron chi connectivity index (χ3n) is 5.26. The maximum atomic E-state index is 13.2. The Morgan fingerprint density at radius 3 is 2.24 bits per heavy atom. The molecule has 0 saturated carbocycles. The van der Waals surface area contributed by atoms with Gasteiger partial charge in [-0.05, 0) is 36.8 Å². The van der Waals surface area contributed by atoms with Gasteiger partial charge >= 0.3 is 0 Å². The van der Waals surface area contributed by atoms with E-state index in [1.807, 2.05) is 25.1 Å². The first kappa shape index (κ1) is 19.2. The third-order valence-corrected chi connectivity index (χ3v) is 5.26. The van der Waals surface area contributed by atoms with Gasteiger partial charge in [-0.2, -0.15) is 0 Å². The van der Waals surface area contributed by atoms with E-state index in [4.69, 9.17) is 0 Å². The van der Waals surface area contributed by atoms with Gasteiger partial charge < -0.3 is 14.7 Å². The van der Waals surface area contributed by atoms with Crippen molar-refractivity contribution in [1.29, 1.82) is 0 Å². The molecule has 0 aliphatic carbocycles. The molecule has 0 atom stereocenters. The summed E-state index contributed by atoms with van der Waals surface area (Å²) in [4.78, 5) is 16.1. The summed E-state index contributed by atoms with van der Waals surface area (Å²) in [6.45, 7) is 6.24. The quantitative estimate of drug-likeness (QED) is 0.659. The molecule has 0 radical (unpaired) electrons. The summed E-state index contributed by atoms with van der Waals surface area (Å²) in [7, 11) is 2.06. The molecule has 2 aromatic carbocycles. The summed E-state index contributed by atoms with van der Waals surface area (Å²) in [6.07, 6.45) is 0. The molecule has 1 fully saturated rings. The summed E-state index contributed by atoms with van der Waals surface area (Å²) < 4.78 is 13.2. The van der Waals surface area contributed by atoms with Crippen molar-refractivity contribution in [3.8, 4) is 0 Å². The highest BCUT2D eigenvalue weighted by Gasteiger charge is 2.20. The molecule has 0 bridgehead atoms. The smallest absolute Gasteiger partial charge is 0.134 e. The molecule has 4 rings (SSSR count). The van der Waals surface area contributed by atoms with Crippen molar-refractivity contribution in [2.24, 2.45) is 0 Å². The fourth-order valence-corrected chi connectivity index (χ4v) is 3.68. The number of benzene rings is 2. The van der Waals surface area contributed by atoms with Gasteiger partial charge in [-0.25, -0.2) is 14.4 Å². The summed E-state index contributed by atoms with van der Waals surface area (Å²) in [5, 5.41) is 0. The number of aromatic nitrogens is 2. The zero-order valence-electron chi connectivity index (χ0n) is 16.9. The molecule has 29 heavy (non-hydrogen) atoms. The molecule has 2 heterocycles. The van der Waals surface area contributed by atoms with Gasteiger partial charge in [0.15, 0.2) is 0 Å². The Bertz CT molecular complexity index is 937. The molecule has 0 amide bonds. The minimum absolute atomic E-state index is 0.198. The average molecular weight is 391 g/mol. The SMILES string of the molecule is Cc1nc(N(C)Cc2ccccc2)cc(N2CCN(c3ccc(F)cc3)CC2)n1. The van der Waals surface area contributed by atoms with Gasteiger partial charge in [-0.3, -0.25) is 0 Å². The van der Waals surface area contributed by atoms with Crippen LogP contribution in [0.15, 0.2) is 60.7 Å². The van der Waals surface area contributed by atoms with Crippen LogP contribution in [0.2, 0.25) is 0 Å². The van der Waals surface area contributed by atoms with E-state index < -0.39 is 0 Å². The van der Waals surface area contributed by atoms with Crippen LogP contribution in [0.3, 0.4) is 0 Å². The second kappa shape index (κ2) is 8.47. The van der Waals surface area contributed by atoms with Gasteiger partial charge in [0.2, 0.25) is 0 Å². The van der Waals surface area contributed by atoms with Gasteiger partial charge in [-0.1, -0.05) is 30.3 Å². The molecular formula is C23H26FN5. The molecular weight excluding hydrogens is 365 g/mol. The monoisotopic (exact) mass is 391 g/mol. The van der Waals surface area contributed by atoms with Crippen molar-refractivity contribution in [2.45, 2.75) is 13.5 Å². The van der Waals surface area contributed by atoms with Gasteiger partial charge in [0.1, 0.15) is 23.3 Å². The van der Waals surface area contributed by atoms with Crippen molar-refractivity contribution in [3.05, 3.63) is 77.9 Å². The first-order valence-corrected chi connectivity index (χ1v) is 9.95. The summed E-state index contributed by atoms with van der Waals surface area (Å²) >= 11 is 0. The Morgan fingerprint density at radius 2 is 1.55 bits per heavy atom. The largest absolute Gasteiger partial charge is 0.368 e. The second-order valence-corrected chi connectivity index (χ2v) is 7.42. The molecule has 0 N–H and O–H groups in total. The zero-order chi connectivity index (χ0) is 20.2. The Balaban J connectivity index is 1.44. The van der Waals surface area contributed by atoms with Crippen LogP contribution in [-0.2, 0) is 6.54 Å². The van der Waals surface area contributed by atoms with Crippen LogP contribution in [0.25, 0.3) is 0 Å². The Kier molecular flexibility index (Phi) is 5.60. The van der Waals surface area contributed by atoms with Gasteiger partial charge in [-0.15, -0.1) is 0 Å². The first-order chi connectivity index (χ1) is 14.1. The van der Waals surface area contributed by atoms with E-state index in [2.05, 4.69) is 62.0 Å². The predicted molar refractivity (Wildman–Crippen MR) is 116 cm³/mol. The molecule has 1 aromatic heterocycles. The number of hydrogen-bond acceptors (Lipinski definition) is 5. The maximum absolute atomic E-state index is 13.2. The van der Waals surface area contributed by atoms with Crippen molar-refractivity contribution >= 4 is 17.3 Å². The van der Waals surface area contributed by atoms with Crippen molar-refractivity contribution < 1.29 is 4.39 Å². The number of anilines is 3. The molecule has 150 valence electrons. The highest BCUT2D eigenvalue weighted by Crippen LogP contribution is 2.23. The van der Waals surface area contributed by atoms with Gasteiger partial charge in [0.25, 0.3) is 0 Å². The lowest BCUT2D eigenvalue weighted by atomic mass is 10.2. The van der Waals surface area contributed by atoms with E-state index in [0.717, 1.165) is 55.9 Å². The number of aryl methyl sites for hydroxylation is 1. The number of piperazine rings is 1. The van der Waals surface area contributed by atoms with Crippen LogP contribution < -0.4 is 14.7 Å². The summed E-state index contributed by atoms with van der Waals surface area (Å²) in [5.74, 6) is 2.47. The zero-order valence-corrected chi connectivity index (χ0v) is 16.9. The molecule has 3 aromatic rings. The fraction of sp³-hybridized carbons (Fsp3) is 0.304. The molecule has 1 aliphatic heterocycles. The van der Waals surface area contributed by atoms with Crippen LogP contribution >= 0.6 is 0 Å². The fourth-order valence-electron chi connectivity index (χ4n) is 3.68. The van der Waals surface area contributed by atoms with Crippen LogP contribution in [0.1, 0.15) is 11.4 Å². The lowest BCUT2D eigenvalue weighted by Crippen LogP contribution is -2.47. The van der Waals surface area contributed by atoms with E-state index in [-0.39, 0.29) is 5.82 Å². The van der Waals surface area contributed by atoms with Crippen LogP contribution in [0.4, 0.5) is 21.7 Å². The van der Waals surface area contributed by atoms with E-state index >= 15 is 0 Å². The topological polar surface area (TPSA) is 35.5 Å². The number of hydrogen-bond donors (Lipinski definition) is 0. The minimum Gasteiger partial charge on any atom is -0.368 e. The highest BCUT2D eigenvalue weighted by molar-refractivity contribution is 5.53. The summed E-state index contributed by atoms with van der Waals surface area (Å²) in [5.41, 5.74) is 2.31. The first-order valence-electron chi connectivity index (χ1n) is 9.95. The van der Waals surface area contributed by atoms with Crippen molar-refractivity contribution in [2.75, 3.05) is 47.9 Å². The highest BCUT2D eigenvalue weighted by atomic mass is 19.1. The van der Waals surface area contributed by atoms with E-state index in [9.17, 15) is 4.39 Å². The normalized spacial score (nSPS) is 14.2. The van der Waals surface area contributed by atoms with Gasteiger partial charge in [0.05, 0.1) is 0 Å². The Hall–Kier alpha value is -3.15. The molecule has 6 heteroatoms. The van der Waals surface area contributed by atoms with E-state index in [1.165, 1.54) is 17.7 Å².